The molecule has 0 saturated heterocycles. The van der Waals surface area contributed by atoms with Gasteiger partial charge in [-0.1, -0.05) is 35.0 Å². The fourth-order valence-corrected chi connectivity index (χ4v) is 1.44. The average Bonchev–Trinajstić information content (AvgIpc) is 2.06. The first-order valence-corrected chi connectivity index (χ1v) is 5.02. The van der Waals surface area contributed by atoms with Crippen molar-refractivity contribution in [3.63, 3.8) is 0 Å². The van der Waals surface area contributed by atoms with Crippen LogP contribution in [0.1, 0.15) is 25.5 Å². The highest BCUT2D eigenvalue weighted by Crippen LogP contribution is 2.15. The van der Waals surface area contributed by atoms with E-state index in [1.165, 1.54) is 5.56 Å². The molecule has 1 atom stereocenters. The number of nitrogens with one attached hydrogen (secondary N) is 1. The van der Waals surface area contributed by atoms with E-state index in [1.54, 1.807) is 0 Å². The van der Waals surface area contributed by atoms with Gasteiger partial charge in [-0.3, -0.25) is 0 Å². The van der Waals surface area contributed by atoms with Crippen LogP contribution in [0.25, 0.3) is 0 Å². The van der Waals surface area contributed by atoms with Gasteiger partial charge in [-0.15, -0.1) is 0 Å². The molecule has 0 radical (unpaired) electrons. The maximum atomic E-state index is 3.41. The summed E-state index contributed by atoms with van der Waals surface area (Å²) in [6.45, 7) is 5.30. The van der Waals surface area contributed by atoms with Gasteiger partial charge in [0.15, 0.2) is 0 Å². The van der Waals surface area contributed by atoms with Crippen LogP contribution >= 0.6 is 15.9 Å². The Balaban J connectivity index is 2.68. The molecule has 1 nitrogen and oxygen atoms in total. The van der Waals surface area contributed by atoms with Crippen LogP contribution in [0.4, 0.5) is 0 Å². The Hall–Kier alpha value is -0.340. The van der Waals surface area contributed by atoms with E-state index in [4.69, 9.17) is 0 Å². The summed E-state index contributed by atoms with van der Waals surface area (Å²) in [6, 6.07) is 8.87. The molecule has 66 valence electrons. The first-order valence-electron chi connectivity index (χ1n) is 4.23. The molecule has 0 unspecified atom stereocenters. The van der Waals surface area contributed by atoms with Gasteiger partial charge in [0, 0.05) is 10.5 Å². The van der Waals surface area contributed by atoms with Crippen LogP contribution in [0.2, 0.25) is 0 Å². The molecule has 0 aromatic heterocycles. The zero-order valence-corrected chi connectivity index (χ0v) is 9.06. The predicted octanol–water partition coefficient (Wildman–Crippen LogP) is 3.12. The van der Waals surface area contributed by atoms with Crippen molar-refractivity contribution < 1.29 is 0 Å². The van der Waals surface area contributed by atoms with Crippen LogP contribution in [-0.4, -0.2) is 6.54 Å². The molecule has 0 aliphatic carbocycles. The Labute approximate surface area is 82.3 Å². The molecular weight excluding hydrogens is 214 g/mol. The van der Waals surface area contributed by atoms with Crippen molar-refractivity contribution in [3.05, 3.63) is 34.3 Å². The molecule has 0 aliphatic heterocycles. The summed E-state index contributed by atoms with van der Waals surface area (Å²) in [7, 11) is 0. The van der Waals surface area contributed by atoms with Crippen molar-refractivity contribution in [2.45, 2.75) is 19.9 Å². The lowest BCUT2D eigenvalue weighted by molar-refractivity contribution is 0.598. The Kier molecular flexibility index (Phi) is 3.76. The molecule has 0 fully saturated rings. The maximum Gasteiger partial charge on any atom is 0.0291 e. The number of rotatable bonds is 3. The van der Waals surface area contributed by atoms with Gasteiger partial charge in [0.05, 0.1) is 0 Å². The molecular formula is C10H14BrN. The monoisotopic (exact) mass is 227 g/mol. The third-order valence-corrected chi connectivity index (χ3v) is 2.41. The predicted molar refractivity (Wildman–Crippen MR) is 56.2 cm³/mol. The highest BCUT2D eigenvalue weighted by molar-refractivity contribution is 9.10. The molecule has 1 aromatic carbocycles. The van der Waals surface area contributed by atoms with E-state index in [1.807, 2.05) is 0 Å². The average molecular weight is 228 g/mol. The maximum absolute atomic E-state index is 3.41. The number of benzene rings is 1. The normalized spacial score (nSPS) is 12.9. The van der Waals surface area contributed by atoms with Crippen LogP contribution in [0.3, 0.4) is 0 Å². The molecule has 1 rings (SSSR count). The quantitative estimate of drug-likeness (QED) is 0.838. The molecule has 12 heavy (non-hydrogen) atoms. The molecule has 0 spiro atoms. The van der Waals surface area contributed by atoms with Crippen LogP contribution in [-0.2, 0) is 0 Å². The van der Waals surface area contributed by atoms with Gasteiger partial charge in [0.1, 0.15) is 0 Å². The van der Waals surface area contributed by atoms with Gasteiger partial charge < -0.3 is 5.32 Å². The molecule has 1 N–H and O–H groups in total. The van der Waals surface area contributed by atoms with E-state index < -0.39 is 0 Å². The van der Waals surface area contributed by atoms with Gasteiger partial charge in [-0.2, -0.15) is 0 Å². The first kappa shape index (κ1) is 9.75. The van der Waals surface area contributed by atoms with Gasteiger partial charge in [-0.05, 0) is 31.2 Å². The smallest absolute Gasteiger partial charge is 0.0291 e. The molecule has 0 aliphatic rings. The Morgan fingerprint density at radius 2 is 1.92 bits per heavy atom. The molecule has 0 saturated carbocycles. The van der Waals surface area contributed by atoms with Gasteiger partial charge >= 0.3 is 0 Å². The fraction of sp³-hybridized carbons (Fsp3) is 0.400. The Morgan fingerprint density at radius 3 is 2.42 bits per heavy atom. The van der Waals surface area contributed by atoms with Crippen LogP contribution in [0.5, 0.6) is 0 Å². The van der Waals surface area contributed by atoms with Crippen LogP contribution in [0.15, 0.2) is 28.7 Å². The minimum absolute atomic E-state index is 0.447. The summed E-state index contributed by atoms with van der Waals surface area (Å²) in [6.07, 6.45) is 0. The van der Waals surface area contributed by atoms with Crippen molar-refractivity contribution >= 4 is 15.9 Å². The van der Waals surface area contributed by atoms with Crippen molar-refractivity contribution in [3.8, 4) is 0 Å². The second-order valence-electron chi connectivity index (χ2n) is 2.83. The lowest BCUT2D eigenvalue weighted by Crippen LogP contribution is -2.17. The lowest BCUT2D eigenvalue weighted by atomic mass is 10.1. The minimum atomic E-state index is 0.447. The molecule has 0 bridgehead atoms. The van der Waals surface area contributed by atoms with Crippen molar-refractivity contribution in [1.29, 1.82) is 0 Å². The number of hydrogen-bond donors (Lipinski definition) is 1. The topological polar surface area (TPSA) is 12.0 Å². The first-order chi connectivity index (χ1) is 5.74. The zero-order chi connectivity index (χ0) is 8.97. The largest absolute Gasteiger partial charge is 0.310 e. The van der Waals surface area contributed by atoms with Crippen molar-refractivity contribution in [1.82, 2.24) is 5.32 Å². The van der Waals surface area contributed by atoms with E-state index in [0.29, 0.717) is 6.04 Å². The van der Waals surface area contributed by atoms with Gasteiger partial charge in [0.25, 0.3) is 0 Å². The van der Waals surface area contributed by atoms with E-state index in [-0.39, 0.29) is 0 Å². The van der Waals surface area contributed by atoms with Crippen LogP contribution in [0, 0.1) is 0 Å². The Morgan fingerprint density at radius 1 is 1.33 bits per heavy atom. The molecule has 0 amide bonds. The van der Waals surface area contributed by atoms with Gasteiger partial charge in [0.2, 0.25) is 0 Å². The van der Waals surface area contributed by atoms with Crippen molar-refractivity contribution in [2.24, 2.45) is 0 Å². The summed E-state index contributed by atoms with van der Waals surface area (Å²) in [5, 5.41) is 3.37. The van der Waals surface area contributed by atoms with E-state index in [9.17, 15) is 0 Å². The van der Waals surface area contributed by atoms with Crippen molar-refractivity contribution in [2.75, 3.05) is 6.54 Å². The SMILES string of the molecule is CCN[C@H](C)c1ccc(Br)cc1. The third-order valence-electron chi connectivity index (χ3n) is 1.88. The second-order valence-corrected chi connectivity index (χ2v) is 3.75. The van der Waals surface area contributed by atoms with E-state index in [0.717, 1.165) is 11.0 Å². The van der Waals surface area contributed by atoms with E-state index in [2.05, 4.69) is 59.4 Å². The summed E-state index contributed by atoms with van der Waals surface area (Å²) in [4.78, 5) is 0. The lowest BCUT2D eigenvalue weighted by Gasteiger charge is -2.12. The standard InChI is InChI=1S/C10H14BrN/c1-3-12-8(2)9-4-6-10(11)7-5-9/h4-8,12H,3H2,1-2H3/t8-/m1/s1. The summed E-state index contributed by atoms with van der Waals surface area (Å²) in [5.41, 5.74) is 1.33. The van der Waals surface area contributed by atoms with Gasteiger partial charge in [-0.25, -0.2) is 0 Å². The summed E-state index contributed by atoms with van der Waals surface area (Å²) >= 11 is 3.41. The molecule has 2 heteroatoms. The zero-order valence-electron chi connectivity index (χ0n) is 7.47. The van der Waals surface area contributed by atoms with E-state index >= 15 is 0 Å². The molecule has 1 aromatic rings. The summed E-state index contributed by atoms with van der Waals surface area (Å²) in [5.74, 6) is 0. The molecule has 0 heterocycles. The number of hydrogen-bond acceptors (Lipinski definition) is 1. The number of halogens is 1. The highest BCUT2D eigenvalue weighted by atomic mass is 79.9. The fourth-order valence-electron chi connectivity index (χ4n) is 1.18. The summed E-state index contributed by atoms with van der Waals surface area (Å²) < 4.78 is 1.13. The second kappa shape index (κ2) is 4.63. The Bertz CT molecular complexity index is 230. The highest BCUT2D eigenvalue weighted by Gasteiger charge is 2.01. The van der Waals surface area contributed by atoms with Crippen LogP contribution < -0.4 is 5.32 Å². The minimum Gasteiger partial charge on any atom is -0.310 e. The third kappa shape index (κ3) is 2.61.